The highest BCUT2D eigenvalue weighted by molar-refractivity contribution is 9.09. The molecule has 0 aliphatic heterocycles. The lowest BCUT2D eigenvalue weighted by atomic mass is 10.1. The molecule has 17 heavy (non-hydrogen) atoms. The second kappa shape index (κ2) is 5.32. The molecular weight excluding hydrogens is 299 g/mol. The molecule has 3 heteroatoms. The number of hydrogen-bond acceptors (Lipinski definition) is 1. The molecule has 0 fully saturated rings. The molecule has 1 atom stereocenters. The topological polar surface area (TPSA) is 0 Å². The zero-order valence-electron chi connectivity index (χ0n) is 9.84. The van der Waals surface area contributed by atoms with Crippen molar-refractivity contribution in [2.24, 2.45) is 0 Å². The van der Waals surface area contributed by atoms with Crippen molar-refractivity contribution in [2.45, 2.75) is 25.1 Å². The Hall–Kier alpha value is -0.670. The van der Waals surface area contributed by atoms with E-state index in [0.717, 1.165) is 5.56 Å². The summed E-state index contributed by atoms with van der Waals surface area (Å²) in [5.74, 6) is -0.122. The van der Waals surface area contributed by atoms with E-state index in [1.165, 1.54) is 21.4 Å². The molecule has 2 rings (SSSR count). The van der Waals surface area contributed by atoms with E-state index >= 15 is 0 Å². The van der Waals surface area contributed by atoms with Crippen LogP contribution in [-0.2, 0) is 6.42 Å². The average molecular weight is 313 g/mol. The van der Waals surface area contributed by atoms with E-state index in [2.05, 4.69) is 35.8 Å². The molecule has 0 N–H and O–H groups in total. The molecule has 2 aromatic rings. The molecule has 1 aromatic carbocycles. The summed E-state index contributed by atoms with van der Waals surface area (Å²) in [7, 11) is 0. The van der Waals surface area contributed by atoms with Crippen LogP contribution in [-0.4, -0.2) is 0 Å². The minimum atomic E-state index is -0.122. The Kier molecular flexibility index (Phi) is 4.00. The van der Waals surface area contributed by atoms with E-state index in [4.69, 9.17) is 0 Å². The van der Waals surface area contributed by atoms with Gasteiger partial charge in [0.15, 0.2) is 0 Å². The van der Waals surface area contributed by atoms with Crippen molar-refractivity contribution in [3.05, 3.63) is 57.0 Å². The Labute approximate surface area is 114 Å². The van der Waals surface area contributed by atoms with Gasteiger partial charge >= 0.3 is 0 Å². The second-order valence-electron chi connectivity index (χ2n) is 4.17. The van der Waals surface area contributed by atoms with Crippen molar-refractivity contribution < 1.29 is 4.39 Å². The first-order valence-electron chi connectivity index (χ1n) is 5.52. The summed E-state index contributed by atoms with van der Waals surface area (Å²) in [4.78, 5) is 2.79. The number of halogens is 2. The van der Waals surface area contributed by atoms with E-state index in [1.54, 1.807) is 17.4 Å². The van der Waals surface area contributed by atoms with Crippen LogP contribution in [0.15, 0.2) is 30.3 Å². The standard InChI is InChI=1S/C14H14BrFS/c1-9-7-10(2)17-14(9)12(15)8-11-5-3-4-6-13(11)16/h3-7,12H,8H2,1-2H3. The molecule has 1 unspecified atom stereocenters. The van der Waals surface area contributed by atoms with Crippen LogP contribution in [0.25, 0.3) is 0 Å². The third-order valence-corrected chi connectivity index (χ3v) is 5.07. The summed E-state index contributed by atoms with van der Waals surface area (Å²) in [6.45, 7) is 4.21. The van der Waals surface area contributed by atoms with Gasteiger partial charge in [0.25, 0.3) is 0 Å². The molecule has 0 bridgehead atoms. The highest BCUT2D eigenvalue weighted by Crippen LogP contribution is 2.35. The largest absolute Gasteiger partial charge is 0.207 e. The molecule has 0 aliphatic carbocycles. The Morgan fingerprint density at radius 3 is 2.59 bits per heavy atom. The number of thiophene rings is 1. The van der Waals surface area contributed by atoms with E-state index < -0.39 is 0 Å². The van der Waals surface area contributed by atoms with Crippen molar-refractivity contribution in [1.29, 1.82) is 0 Å². The van der Waals surface area contributed by atoms with E-state index in [1.807, 2.05) is 12.1 Å². The molecule has 90 valence electrons. The van der Waals surface area contributed by atoms with Gasteiger partial charge in [-0.15, -0.1) is 11.3 Å². The van der Waals surface area contributed by atoms with Crippen LogP contribution in [0.1, 0.15) is 25.7 Å². The number of alkyl halides is 1. The molecule has 1 aromatic heterocycles. The van der Waals surface area contributed by atoms with E-state index in [0.29, 0.717) is 6.42 Å². The molecule has 0 radical (unpaired) electrons. The first-order valence-corrected chi connectivity index (χ1v) is 7.25. The predicted molar refractivity (Wildman–Crippen MR) is 75.6 cm³/mol. The third-order valence-electron chi connectivity index (χ3n) is 2.72. The van der Waals surface area contributed by atoms with E-state index in [9.17, 15) is 4.39 Å². The SMILES string of the molecule is Cc1cc(C)c(C(Br)Cc2ccccc2F)s1. The fourth-order valence-electron chi connectivity index (χ4n) is 1.92. The van der Waals surface area contributed by atoms with Crippen LogP contribution in [0, 0.1) is 19.7 Å². The highest BCUT2D eigenvalue weighted by atomic mass is 79.9. The van der Waals surface area contributed by atoms with Gasteiger partial charge in [0.05, 0.1) is 4.83 Å². The molecule has 0 spiro atoms. The smallest absolute Gasteiger partial charge is 0.126 e. The third kappa shape index (κ3) is 2.96. The number of hydrogen-bond donors (Lipinski definition) is 0. The van der Waals surface area contributed by atoms with Gasteiger partial charge in [0, 0.05) is 9.75 Å². The van der Waals surface area contributed by atoms with Crippen molar-refractivity contribution >= 4 is 27.3 Å². The molecule has 0 saturated heterocycles. The molecule has 0 nitrogen and oxygen atoms in total. The van der Waals surface area contributed by atoms with Crippen LogP contribution < -0.4 is 0 Å². The maximum atomic E-state index is 13.6. The van der Waals surface area contributed by atoms with Gasteiger partial charge < -0.3 is 0 Å². The van der Waals surface area contributed by atoms with Crippen molar-refractivity contribution in [2.75, 3.05) is 0 Å². The van der Waals surface area contributed by atoms with Crippen LogP contribution in [0.5, 0.6) is 0 Å². The van der Waals surface area contributed by atoms with Crippen LogP contribution in [0.3, 0.4) is 0 Å². The Morgan fingerprint density at radius 1 is 1.29 bits per heavy atom. The van der Waals surface area contributed by atoms with Gasteiger partial charge in [-0.25, -0.2) is 4.39 Å². The molecule has 1 heterocycles. The van der Waals surface area contributed by atoms with Gasteiger partial charge in [0.1, 0.15) is 5.82 Å². The summed E-state index contributed by atoms with van der Waals surface area (Å²) in [5, 5.41) is 0. The van der Waals surface area contributed by atoms with Gasteiger partial charge in [-0.2, -0.15) is 0 Å². The maximum absolute atomic E-state index is 13.6. The number of rotatable bonds is 3. The van der Waals surface area contributed by atoms with Gasteiger partial charge in [0.2, 0.25) is 0 Å². The highest BCUT2D eigenvalue weighted by Gasteiger charge is 2.15. The molecule has 0 saturated carbocycles. The monoisotopic (exact) mass is 312 g/mol. The fourth-order valence-corrected chi connectivity index (χ4v) is 3.92. The van der Waals surface area contributed by atoms with Crippen molar-refractivity contribution in [3.8, 4) is 0 Å². The lowest BCUT2D eigenvalue weighted by Gasteiger charge is -2.10. The lowest BCUT2D eigenvalue weighted by molar-refractivity contribution is 0.608. The lowest BCUT2D eigenvalue weighted by Crippen LogP contribution is -1.97. The summed E-state index contributed by atoms with van der Waals surface area (Å²) in [6.07, 6.45) is 0.688. The predicted octanol–water partition coefficient (Wildman–Crippen LogP) is 5.18. The minimum Gasteiger partial charge on any atom is -0.207 e. The van der Waals surface area contributed by atoms with Crippen LogP contribution in [0.4, 0.5) is 4.39 Å². The normalized spacial score (nSPS) is 12.7. The van der Waals surface area contributed by atoms with Crippen molar-refractivity contribution in [1.82, 2.24) is 0 Å². The molecule has 0 amide bonds. The maximum Gasteiger partial charge on any atom is 0.126 e. The summed E-state index contributed by atoms with van der Waals surface area (Å²) in [6, 6.07) is 9.14. The summed E-state index contributed by atoms with van der Waals surface area (Å²) in [5.41, 5.74) is 2.05. The van der Waals surface area contributed by atoms with Gasteiger partial charge in [-0.1, -0.05) is 34.1 Å². The average Bonchev–Trinajstić information content (AvgIpc) is 2.61. The molecular formula is C14H14BrFS. The van der Waals surface area contributed by atoms with Gasteiger partial charge in [-0.3, -0.25) is 0 Å². The summed E-state index contributed by atoms with van der Waals surface area (Å²) >= 11 is 5.44. The number of benzene rings is 1. The zero-order valence-corrected chi connectivity index (χ0v) is 12.2. The van der Waals surface area contributed by atoms with Gasteiger partial charge in [-0.05, 0) is 43.5 Å². The Balaban J connectivity index is 2.20. The first kappa shape index (κ1) is 12.8. The van der Waals surface area contributed by atoms with E-state index in [-0.39, 0.29) is 10.6 Å². The van der Waals surface area contributed by atoms with Crippen LogP contribution in [0.2, 0.25) is 0 Å². The van der Waals surface area contributed by atoms with Crippen LogP contribution >= 0.6 is 27.3 Å². The first-order chi connectivity index (χ1) is 8.08. The zero-order chi connectivity index (χ0) is 12.4. The van der Waals surface area contributed by atoms with Crippen molar-refractivity contribution in [3.63, 3.8) is 0 Å². The minimum absolute atomic E-state index is 0.122. The number of aryl methyl sites for hydroxylation is 2. The quantitative estimate of drug-likeness (QED) is 0.685. The Bertz CT molecular complexity index is 519. The fraction of sp³-hybridized carbons (Fsp3) is 0.286. The molecule has 0 aliphatic rings. The Morgan fingerprint density at radius 2 is 2.00 bits per heavy atom. The summed E-state index contributed by atoms with van der Waals surface area (Å²) < 4.78 is 13.6. The second-order valence-corrected chi connectivity index (χ2v) is 6.56.